The molecule has 8 heteroatoms. The van der Waals surface area contributed by atoms with E-state index < -0.39 is 30.6 Å². The Morgan fingerprint density at radius 3 is 1.71 bits per heavy atom. The highest BCUT2D eigenvalue weighted by molar-refractivity contribution is 7.54. The van der Waals surface area contributed by atoms with E-state index in [0.717, 1.165) is 13.8 Å². The predicted molar refractivity (Wildman–Crippen MR) is 44.9 cm³/mol. The molecule has 0 heterocycles. The largest absolute Gasteiger partial charge is 0.481 e. The lowest BCUT2D eigenvalue weighted by molar-refractivity contribution is -0.151. The molecule has 0 aromatic rings. The molecule has 0 radical (unpaired) electrons. The zero-order chi connectivity index (χ0) is 11.7. The summed E-state index contributed by atoms with van der Waals surface area (Å²) in [5.41, 5.74) is 0. The van der Waals surface area contributed by atoms with Crippen molar-refractivity contribution in [3.05, 3.63) is 0 Å². The maximum atomic E-state index is 10.9. The second kappa shape index (κ2) is 3.68. The molecule has 0 aromatic heterocycles. The van der Waals surface area contributed by atoms with Gasteiger partial charge in [0.25, 0.3) is 0 Å². The van der Waals surface area contributed by atoms with Crippen LogP contribution in [0.25, 0.3) is 0 Å². The summed E-state index contributed by atoms with van der Waals surface area (Å²) in [4.78, 5) is 38.7. The molecule has 0 aliphatic carbocycles. The maximum Gasteiger partial charge on any atom is 0.343 e. The Hall–Kier alpha value is -0.910. The summed E-state index contributed by atoms with van der Waals surface area (Å²) in [7, 11) is -5.03. The van der Waals surface area contributed by atoms with Crippen LogP contribution >= 0.6 is 7.60 Å². The van der Waals surface area contributed by atoms with E-state index in [9.17, 15) is 14.2 Å². The van der Waals surface area contributed by atoms with Crippen LogP contribution in [-0.2, 0) is 14.2 Å². The third kappa shape index (κ3) is 1.95. The van der Waals surface area contributed by atoms with Gasteiger partial charge in [-0.2, -0.15) is 0 Å². The molecular formula is C6H11O7P. The minimum Gasteiger partial charge on any atom is -0.481 e. The summed E-state index contributed by atoms with van der Waals surface area (Å²) >= 11 is 0. The van der Waals surface area contributed by atoms with Gasteiger partial charge in [-0.3, -0.25) is 14.2 Å². The van der Waals surface area contributed by atoms with Gasteiger partial charge in [0.15, 0.2) is 5.16 Å². The molecule has 0 rings (SSSR count). The average molecular weight is 226 g/mol. The lowest BCUT2D eigenvalue weighted by atomic mass is 9.95. The minimum atomic E-state index is -5.03. The van der Waals surface area contributed by atoms with Crippen LogP contribution < -0.4 is 0 Å². The number of carboxylic acids is 2. The van der Waals surface area contributed by atoms with E-state index in [0.29, 0.717) is 0 Å². The molecule has 0 saturated carbocycles. The van der Waals surface area contributed by atoms with Crippen molar-refractivity contribution in [3.63, 3.8) is 0 Å². The quantitative estimate of drug-likeness (QED) is 0.485. The Morgan fingerprint density at radius 2 is 1.64 bits per heavy atom. The van der Waals surface area contributed by atoms with Gasteiger partial charge in [0.05, 0.1) is 5.92 Å². The number of hydrogen-bond donors (Lipinski definition) is 4. The molecule has 0 fully saturated rings. The molecule has 0 aromatic carbocycles. The molecule has 0 aliphatic heterocycles. The van der Waals surface area contributed by atoms with Crippen LogP contribution in [0.3, 0.4) is 0 Å². The first kappa shape index (κ1) is 13.1. The standard InChI is InChI=1S/C6H11O7P/c1-3(4(7)8)6(2,5(9)10)14(11,12)13/h3H,1-2H3,(H,7,8)(H,9,10)(H2,11,12,13). The predicted octanol–water partition coefficient (Wildman–Crippen LogP) is -0.272. The van der Waals surface area contributed by atoms with Gasteiger partial charge in [-0.1, -0.05) is 6.92 Å². The SMILES string of the molecule is CC(C(=O)O)C(C)(C(=O)O)P(=O)(O)O. The summed E-state index contributed by atoms with van der Waals surface area (Å²) in [6.07, 6.45) is 0. The molecule has 0 aliphatic rings. The van der Waals surface area contributed by atoms with Gasteiger partial charge < -0.3 is 20.0 Å². The fourth-order valence-electron chi connectivity index (χ4n) is 0.803. The first-order chi connectivity index (χ1) is 6.05. The minimum absolute atomic E-state index is 0.717. The van der Waals surface area contributed by atoms with E-state index in [4.69, 9.17) is 20.0 Å². The summed E-state index contributed by atoms with van der Waals surface area (Å²) in [5.74, 6) is -5.08. The fourth-order valence-corrected chi connectivity index (χ4v) is 1.67. The van der Waals surface area contributed by atoms with Crippen molar-refractivity contribution in [2.75, 3.05) is 0 Å². The van der Waals surface area contributed by atoms with Crippen LogP contribution in [-0.4, -0.2) is 37.1 Å². The van der Waals surface area contributed by atoms with Gasteiger partial charge >= 0.3 is 19.5 Å². The van der Waals surface area contributed by atoms with E-state index >= 15 is 0 Å². The van der Waals surface area contributed by atoms with Gasteiger partial charge in [-0.15, -0.1) is 0 Å². The highest BCUT2D eigenvalue weighted by Gasteiger charge is 2.56. The van der Waals surface area contributed by atoms with E-state index in [2.05, 4.69) is 0 Å². The van der Waals surface area contributed by atoms with Crippen LogP contribution in [0, 0.1) is 5.92 Å². The number of aliphatic carboxylic acids is 2. The molecule has 82 valence electrons. The number of hydrogen-bond acceptors (Lipinski definition) is 3. The summed E-state index contributed by atoms with van der Waals surface area (Å²) < 4.78 is 10.9. The average Bonchev–Trinajstić information content (AvgIpc) is 1.98. The van der Waals surface area contributed by atoms with E-state index in [1.54, 1.807) is 0 Å². The topological polar surface area (TPSA) is 132 Å². The molecule has 14 heavy (non-hydrogen) atoms. The molecule has 0 amide bonds. The highest BCUT2D eigenvalue weighted by Crippen LogP contribution is 2.54. The van der Waals surface area contributed by atoms with Crippen LogP contribution in [0.5, 0.6) is 0 Å². The summed E-state index contributed by atoms with van der Waals surface area (Å²) in [6.45, 7) is 1.66. The Labute approximate surface area is 79.5 Å². The number of carboxylic acid groups (broad SMARTS) is 2. The van der Waals surface area contributed by atoms with Crippen molar-refractivity contribution in [2.45, 2.75) is 19.0 Å². The Bertz CT molecular complexity index is 305. The van der Waals surface area contributed by atoms with Crippen molar-refractivity contribution in [1.29, 1.82) is 0 Å². The Balaban J connectivity index is 5.45. The maximum absolute atomic E-state index is 10.9. The van der Waals surface area contributed by atoms with Crippen molar-refractivity contribution in [2.24, 2.45) is 5.92 Å². The van der Waals surface area contributed by atoms with Crippen molar-refractivity contribution < 1.29 is 34.2 Å². The molecule has 7 nitrogen and oxygen atoms in total. The second-order valence-corrected chi connectivity index (χ2v) is 5.07. The molecule has 2 atom stereocenters. The third-order valence-corrected chi connectivity index (χ3v) is 4.04. The van der Waals surface area contributed by atoms with E-state index in [-0.39, 0.29) is 0 Å². The van der Waals surface area contributed by atoms with Crippen molar-refractivity contribution in [1.82, 2.24) is 0 Å². The van der Waals surface area contributed by atoms with Crippen LogP contribution in [0.1, 0.15) is 13.8 Å². The molecular weight excluding hydrogens is 215 g/mol. The smallest absolute Gasteiger partial charge is 0.343 e. The highest BCUT2D eigenvalue weighted by atomic mass is 31.2. The molecule has 2 unspecified atom stereocenters. The Kier molecular flexibility index (Phi) is 3.44. The third-order valence-electron chi connectivity index (χ3n) is 2.25. The van der Waals surface area contributed by atoms with Gasteiger partial charge in [0.1, 0.15) is 0 Å². The second-order valence-electron chi connectivity index (χ2n) is 3.06. The van der Waals surface area contributed by atoms with Crippen LogP contribution in [0.2, 0.25) is 0 Å². The molecule has 4 N–H and O–H groups in total. The first-order valence-corrected chi connectivity index (χ1v) is 5.18. The Morgan fingerprint density at radius 1 is 1.29 bits per heavy atom. The van der Waals surface area contributed by atoms with Gasteiger partial charge in [-0.05, 0) is 6.92 Å². The van der Waals surface area contributed by atoms with Gasteiger partial charge in [0.2, 0.25) is 0 Å². The molecule has 0 bridgehead atoms. The van der Waals surface area contributed by atoms with Crippen molar-refractivity contribution in [3.8, 4) is 0 Å². The van der Waals surface area contributed by atoms with E-state index in [1.165, 1.54) is 0 Å². The number of rotatable bonds is 4. The van der Waals surface area contributed by atoms with Crippen LogP contribution in [0.4, 0.5) is 0 Å². The fraction of sp³-hybridized carbons (Fsp3) is 0.667. The van der Waals surface area contributed by atoms with E-state index in [1.807, 2.05) is 0 Å². The lowest BCUT2D eigenvalue weighted by Crippen LogP contribution is -2.44. The van der Waals surface area contributed by atoms with Gasteiger partial charge in [0, 0.05) is 0 Å². The summed E-state index contributed by atoms with van der Waals surface area (Å²) in [6, 6.07) is 0. The molecule has 0 saturated heterocycles. The zero-order valence-electron chi connectivity index (χ0n) is 7.54. The lowest BCUT2D eigenvalue weighted by Gasteiger charge is -2.28. The number of carbonyl (C=O) groups is 2. The van der Waals surface area contributed by atoms with Crippen LogP contribution in [0.15, 0.2) is 0 Å². The zero-order valence-corrected chi connectivity index (χ0v) is 8.43. The monoisotopic (exact) mass is 226 g/mol. The molecule has 0 spiro atoms. The van der Waals surface area contributed by atoms with Gasteiger partial charge in [-0.25, -0.2) is 0 Å². The summed E-state index contributed by atoms with van der Waals surface area (Å²) in [5, 5.41) is 14.6. The van der Waals surface area contributed by atoms with Crippen molar-refractivity contribution >= 4 is 19.5 Å². The first-order valence-electron chi connectivity index (χ1n) is 3.57. The normalized spacial score (nSPS) is 18.3.